The van der Waals surface area contributed by atoms with Gasteiger partial charge in [-0.2, -0.15) is 0 Å². The summed E-state index contributed by atoms with van der Waals surface area (Å²) in [6.45, 7) is 4.94. The highest BCUT2D eigenvalue weighted by molar-refractivity contribution is 7.98. The summed E-state index contributed by atoms with van der Waals surface area (Å²) in [5.74, 6) is 1.92. The molecule has 8 heteroatoms. The summed E-state index contributed by atoms with van der Waals surface area (Å²) in [6.07, 6.45) is 3.40. The van der Waals surface area contributed by atoms with Crippen LogP contribution in [-0.4, -0.2) is 29.1 Å². The quantitative estimate of drug-likeness (QED) is 0.321. The first-order valence-corrected chi connectivity index (χ1v) is 11.6. The number of para-hydroxylation sites is 1. The van der Waals surface area contributed by atoms with E-state index in [0.717, 1.165) is 16.5 Å². The third-order valence-electron chi connectivity index (χ3n) is 5.48. The highest BCUT2D eigenvalue weighted by Gasteiger charge is 2.29. The number of nitrogens with zero attached hydrogens (tertiary/aromatic N) is 2. The van der Waals surface area contributed by atoms with Crippen LogP contribution in [0.3, 0.4) is 0 Å². The highest BCUT2D eigenvalue weighted by atomic mass is 32.2. The first-order valence-electron chi connectivity index (χ1n) is 10.6. The molecule has 0 fully saturated rings. The normalized spacial score (nSPS) is 13.2. The van der Waals surface area contributed by atoms with Gasteiger partial charge in [-0.3, -0.25) is 4.79 Å². The van der Waals surface area contributed by atoms with Crippen LogP contribution in [0, 0.1) is 0 Å². The van der Waals surface area contributed by atoms with Crippen LogP contribution >= 0.6 is 11.8 Å². The fourth-order valence-corrected chi connectivity index (χ4v) is 4.60. The van der Waals surface area contributed by atoms with Gasteiger partial charge in [0, 0.05) is 29.1 Å². The Labute approximate surface area is 195 Å². The molecule has 2 aromatic heterocycles. The average Bonchev–Trinajstić information content (AvgIpc) is 3.21. The summed E-state index contributed by atoms with van der Waals surface area (Å²) in [4.78, 5) is 22.0. The second-order valence-electron chi connectivity index (χ2n) is 8.16. The zero-order chi connectivity index (χ0) is 22.8. The molecule has 5 rings (SSSR count). The van der Waals surface area contributed by atoms with Crippen molar-refractivity contribution in [2.75, 3.05) is 13.2 Å². The number of hydrogen-bond acceptors (Lipinski definition) is 7. The van der Waals surface area contributed by atoms with Crippen LogP contribution in [0.25, 0.3) is 11.0 Å². The molecule has 0 bridgehead atoms. The Morgan fingerprint density at radius 3 is 2.61 bits per heavy atom. The Bertz CT molecular complexity index is 1300. The first-order chi connectivity index (χ1) is 16.0. The maximum Gasteiger partial charge on any atom is 0.288 e. The summed E-state index contributed by atoms with van der Waals surface area (Å²) in [5.41, 5.74) is 1.73. The minimum Gasteiger partial charge on any atom is -0.486 e. The number of ether oxygens (including phenoxy) is 2. The van der Waals surface area contributed by atoms with Crippen molar-refractivity contribution in [1.82, 2.24) is 15.3 Å². The van der Waals surface area contributed by atoms with Gasteiger partial charge in [-0.05, 0) is 43.7 Å². The lowest BCUT2D eigenvalue weighted by atomic mass is 9.93. The highest BCUT2D eigenvalue weighted by Crippen LogP contribution is 2.35. The van der Waals surface area contributed by atoms with Crippen LogP contribution in [-0.2, 0) is 11.3 Å². The molecule has 0 saturated carbocycles. The van der Waals surface area contributed by atoms with E-state index in [9.17, 15) is 4.79 Å². The second-order valence-corrected chi connectivity index (χ2v) is 9.11. The van der Waals surface area contributed by atoms with Crippen LogP contribution in [0.1, 0.15) is 35.5 Å². The van der Waals surface area contributed by atoms with E-state index in [1.807, 2.05) is 56.3 Å². The molecular weight excluding hydrogens is 438 g/mol. The molecular formula is C25H23N3O4S. The number of aromatic nitrogens is 2. The maximum atomic E-state index is 13.4. The number of nitrogens with one attached hydrogen (secondary N) is 1. The molecule has 1 N–H and O–H groups in total. The predicted octanol–water partition coefficient (Wildman–Crippen LogP) is 4.95. The van der Waals surface area contributed by atoms with E-state index in [4.69, 9.17) is 13.9 Å². The number of rotatable bonds is 6. The minimum absolute atomic E-state index is 0.282. The van der Waals surface area contributed by atoms with E-state index >= 15 is 0 Å². The van der Waals surface area contributed by atoms with Crippen molar-refractivity contribution in [1.29, 1.82) is 0 Å². The van der Waals surface area contributed by atoms with Gasteiger partial charge in [0.25, 0.3) is 5.91 Å². The summed E-state index contributed by atoms with van der Waals surface area (Å²) < 4.78 is 17.3. The lowest BCUT2D eigenvalue weighted by Gasteiger charge is -2.28. The number of amides is 1. The van der Waals surface area contributed by atoms with Crippen LogP contribution in [0.4, 0.5) is 0 Å². The molecule has 1 aliphatic heterocycles. The number of carbonyl (C=O) groups excluding carboxylic acids is 1. The van der Waals surface area contributed by atoms with Gasteiger partial charge < -0.3 is 19.2 Å². The van der Waals surface area contributed by atoms with E-state index in [-0.39, 0.29) is 5.91 Å². The SMILES string of the molecule is CC(C)(NC(=O)c1oc2ccccc2c1CSc1ncccn1)c1ccc2c(c1)OCCO2. The standard InChI is InChI=1S/C25H23N3O4S/c1-25(2,16-8-9-20-21(14-16)31-13-12-30-20)28-23(29)22-18(15-33-24-26-10-5-11-27-24)17-6-3-4-7-19(17)32-22/h3-11,14H,12-13,15H2,1-2H3,(H,28,29). The smallest absolute Gasteiger partial charge is 0.288 e. The topological polar surface area (TPSA) is 86.5 Å². The zero-order valence-electron chi connectivity index (χ0n) is 18.3. The molecule has 1 aliphatic rings. The first kappa shape index (κ1) is 21.3. The Hall–Kier alpha value is -3.52. The van der Waals surface area contributed by atoms with E-state index in [2.05, 4.69) is 15.3 Å². The van der Waals surface area contributed by atoms with Crippen LogP contribution < -0.4 is 14.8 Å². The second kappa shape index (κ2) is 8.78. The van der Waals surface area contributed by atoms with Crippen molar-refractivity contribution in [2.24, 2.45) is 0 Å². The summed E-state index contributed by atoms with van der Waals surface area (Å²) in [7, 11) is 0. The Kier molecular flexibility index (Phi) is 5.68. The number of furan rings is 1. The molecule has 0 unspecified atom stereocenters. The molecule has 1 amide bonds. The third-order valence-corrected chi connectivity index (χ3v) is 6.38. The molecule has 0 atom stereocenters. The lowest BCUT2D eigenvalue weighted by Crippen LogP contribution is -2.41. The van der Waals surface area contributed by atoms with Crippen molar-refractivity contribution in [2.45, 2.75) is 30.3 Å². The van der Waals surface area contributed by atoms with Crippen LogP contribution in [0.15, 0.2) is 70.5 Å². The van der Waals surface area contributed by atoms with Gasteiger partial charge in [-0.15, -0.1) is 0 Å². The van der Waals surface area contributed by atoms with Crippen LogP contribution in [0.2, 0.25) is 0 Å². The molecule has 3 heterocycles. The van der Waals surface area contributed by atoms with E-state index in [0.29, 0.717) is 47.0 Å². The Balaban J connectivity index is 1.43. The average molecular weight is 462 g/mol. The van der Waals surface area contributed by atoms with Gasteiger partial charge in [0.1, 0.15) is 18.8 Å². The molecule has 33 heavy (non-hydrogen) atoms. The summed E-state index contributed by atoms with van der Waals surface area (Å²) >= 11 is 1.46. The van der Waals surface area contributed by atoms with Crippen LogP contribution in [0.5, 0.6) is 11.5 Å². The molecule has 168 valence electrons. The van der Waals surface area contributed by atoms with Gasteiger partial charge >= 0.3 is 0 Å². The van der Waals surface area contributed by atoms with Gasteiger partial charge in [-0.25, -0.2) is 9.97 Å². The maximum absolute atomic E-state index is 13.4. The number of carbonyl (C=O) groups is 1. The van der Waals surface area contributed by atoms with Crippen molar-refractivity contribution in [3.05, 3.63) is 77.8 Å². The van der Waals surface area contributed by atoms with Gasteiger partial charge in [0.05, 0.1) is 5.54 Å². The Morgan fingerprint density at radius 2 is 1.79 bits per heavy atom. The lowest BCUT2D eigenvalue weighted by molar-refractivity contribution is 0.0884. The summed E-state index contributed by atoms with van der Waals surface area (Å²) in [6, 6.07) is 15.2. The van der Waals surface area contributed by atoms with Gasteiger partial charge in [0.2, 0.25) is 0 Å². The van der Waals surface area contributed by atoms with Crippen molar-refractivity contribution in [3.8, 4) is 11.5 Å². The number of benzene rings is 2. The Morgan fingerprint density at radius 1 is 1.03 bits per heavy atom. The zero-order valence-corrected chi connectivity index (χ0v) is 19.1. The van der Waals surface area contributed by atoms with Gasteiger partial charge in [0.15, 0.2) is 22.4 Å². The van der Waals surface area contributed by atoms with E-state index in [1.54, 1.807) is 18.5 Å². The van der Waals surface area contributed by atoms with Crippen molar-refractivity contribution in [3.63, 3.8) is 0 Å². The predicted molar refractivity (Wildman–Crippen MR) is 126 cm³/mol. The fraction of sp³-hybridized carbons (Fsp3) is 0.240. The molecule has 4 aromatic rings. The molecule has 0 radical (unpaired) electrons. The largest absolute Gasteiger partial charge is 0.486 e. The number of hydrogen-bond donors (Lipinski definition) is 1. The summed E-state index contributed by atoms with van der Waals surface area (Å²) in [5, 5.41) is 4.68. The van der Waals surface area contributed by atoms with Crippen molar-refractivity contribution >= 4 is 28.6 Å². The molecule has 0 saturated heterocycles. The van der Waals surface area contributed by atoms with Crippen molar-refractivity contribution < 1.29 is 18.7 Å². The van der Waals surface area contributed by atoms with Gasteiger partial charge in [-0.1, -0.05) is 36.0 Å². The van der Waals surface area contributed by atoms with E-state index in [1.165, 1.54) is 11.8 Å². The third kappa shape index (κ3) is 4.39. The molecule has 0 spiro atoms. The fourth-order valence-electron chi connectivity index (χ4n) is 3.77. The van der Waals surface area contributed by atoms with E-state index < -0.39 is 5.54 Å². The molecule has 7 nitrogen and oxygen atoms in total. The molecule has 0 aliphatic carbocycles. The monoisotopic (exact) mass is 461 g/mol. The number of thioether (sulfide) groups is 1. The number of fused-ring (bicyclic) bond motifs is 2. The minimum atomic E-state index is -0.668. The molecule has 2 aromatic carbocycles.